The predicted octanol–water partition coefficient (Wildman–Crippen LogP) is 1.58. The van der Waals surface area contributed by atoms with Crippen molar-refractivity contribution >= 4 is 5.52 Å². The van der Waals surface area contributed by atoms with E-state index in [-0.39, 0.29) is 0 Å². The van der Waals surface area contributed by atoms with E-state index >= 15 is 0 Å². The van der Waals surface area contributed by atoms with E-state index in [1.165, 1.54) is 0 Å². The molecule has 1 atom stereocenters. The molecular weight excluding hydrogens is 214 g/mol. The van der Waals surface area contributed by atoms with Crippen LogP contribution in [0.2, 0.25) is 0 Å². The topological polar surface area (TPSA) is 49.6 Å². The van der Waals surface area contributed by atoms with E-state index in [9.17, 15) is 5.11 Å². The Morgan fingerprint density at radius 1 is 1.47 bits per heavy atom. The largest absolute Gasteiger partial charge is 0.389 e. The molecule has 0 aliphatic rings. The van der Waals surface area contributed by atoms with Crippen molar-refractivity contribution in [2.75, 3.05) is 6.54 Å². The highest BCUT2D eigenvalue weighted by Gasteiger charge is 2.16. The van der Waals surface area contributed by atoms with Crippen molar-refractivity contribution in [3.05, 3.63) is 36.2 Å². The van der Waals surface area contributed by atoms with Gasteiger partial charge in [0.15, 0.2) is 0 Å². The zero-order chi connectivity index (χ0) is 12.3. The fourth-order valence-corrected chi connectivity index (χ4v) is 1.72. The molecule has 2 rings (SSSR count). The van der Waals surface area contributed by atoms with Crippen LogP contribution in [0.5, 0.6) is 0 Å². The summed E-state index contributed by atoms with van der Waals surface area (Å²) >= 11 is 0. The minimum Gasteiger partial charge on any atom is -0.389 e. The van der Waals surface area contributed by atoms with Crippen molar-refractivity contribution in [1.29, 1.82) is 0 Å². The van der Waals surface area contributed by atoms with Gasteiger partial charge in [0, 0.05) is 24.8 Å². The normalized spacial score (nSPS) is 15.0. The minimum atomic E-state index is -0.636. The van der Waals surface area contributed by atoms with Gasteiger partial charge in [0.25, 0.3) is 0 Å². The summed E-state index contributed by atoms with van der Waals surface area (Å²) in [7, 11) is 0. The van der Waals surface area contributed by atoms with Gasteiger partial charge in [0.05, 0.1) is 17.3 Å². The smallest absolute Gasteiger partial charge is 0.0741 e. The van der Waals surface area contributed by atoms with Crippen molar-refractivity contribution in [1.82, 2.24) is 14.9 Å². The molecule has 0 amide bonds. The third kappa shape index (κ3) is 2.84. The van der Waals surface area contributed by atoms with Crippen molar-refractivity contribution in [3.8, 4) is 0 Å². The first-order valence-electron chi connectivity index (χ1n) is 5.97. The van der Waals surface area contributed by atoms with Crippen LogP contribution in [0, 0.1) is 0 Å². The van der Waals surface area contributed by atoms with Gasteiger partial charge in [-0.15, -0.1) is 0 Å². The fraction of sp³-hybridized carbons (Fsp3) is 0.462. The number of aliphatic hydroxyl groups is 1. The zero-order valence-corrected chi connectivity index (χ0v) is 10.3. The molecule has 0 aliphatic carbocycles. The molecule has 0 spiro atoms. The summed E-state index contributed by atoms with van der Waals surface area (Å²) in [5, 5.41) is 17.4. The van der Waals surface area contributed by atoms with Crippen molar-refractivity contribution in [2.45, 2.75) is 32.4 Å². The van der Waals surface area contributed by atoms with Crippen molar-refractivity contribution in [2.24, 2.45) is 0 Å². The lowest BCUT2D eigenvalue weighted by Crippen LogP contribution is -2.36. The quantitative estimate of drug-likeness (QED) is 0.824. The Kier molecular flexibility index (Phi) is 3.45. The van der Waals surface area contributed by atoms with Gasteiger partial charge in [-0.3, -0.25) is 0 Å². The molecular formula is C13H19N3O. The van der Waals surface area contributed by atoms with Crippen LogP contribution < -0.4 is 5.32 Å². The zero-order valence-electron chi connectivity index (χ0n) is 10.3. The number of nitrogens with zero attached hydrogens (tertiary/aromatic N) is 2. The minimum absolute atomic E-state index is 0.591. The maximum atomic E-state index is 9.88. The molecule has 0 radical (unpaired) electrons. The molecule has 0 saturated heterocycles. The average molecular weight is 233 g/mol. The molecule has 2 aromatic rings. The number of hydrogen-bond acceptors (Lipinski definition) is 3. The van der Waals surface area contributed by atoms with E-state index in [1.807, 2.05) is 49.0 Å². The van der Waals surface area contributed by atoms with Gasteiger partial charge in [-0.25, -0.2) is 4.52 Å². The summed E-state index contributed by atoms with van der Waals surface area (Å²) in [5.74, 6) is 0. The second-order valence-corrected chi connectivity index (χ2v) is 4.65. The Morgan fingerprint density at radius 3 is 3.06 bits per heavy atom. The van der Waals surface area contributed by atoms with E-state index < -0.39 is 5.60 Å². The van der Waals surface area contributed by atoms with Crippen LogP contribution in [-0.2, 0) is 6.54 Å². The van der Waals surface area contributed by atoms with E-state index in [2.05, 4.69) is 10.4 Å². The van der Waals surface area contributed by atoms with Crippen molar-refractivity contribution in [3.63, 3.8) is 0 Å². The number of aromatic nitrogens is 2. The lowest BCUT2D eigenvalue weighted by Gasteiger charge is -2.21. The highest BCUT2D eigenvalue weighted by molar-refractivity contribution is 5.53. The Balaban J connectivity index is 2.00. The number of fused-ring (bicyclic) bond motifs is 1. The number of rotatable bonds is 5. The van der Waals surface area contributed by atoms with Gasteiger partial charge in [-0.1, -0.05) is 13.0 Å². The first-order valence-corrected chi connectivity index (χ1v) is 5.97. The van der Waals surface area contributed by atoms with Crippen LogP contribution in [0.15, 0.2) is 30.6 Å². The molecule has 0 saturated carbocycles. The Labute approximate surface area is 101 Å². The molecule has 0 aromatic carbocycles. The van der Waals surface area contributed by atoms with Crippen LogP contribution in [0.3, 0.4) is 0 Å². The number of hydrogen-bond donors (Lipinski definition) is 2. The predicted molar refractivity (Wildman–Crippen MR) is 67.8 cm³/mol. The summed E-state index contributed by atoms with van der Waals surface area (Å²) in [6.07, 6.45) is 4.54. The van der Waals surface area contributed by atoms with Crippen LogP contribution in [0.4, 0.5) is 0 Å². The third-order valence-corrected chi connectivity index (χ3v) is 3.09. The molecule has 4 nitrogen and oxygen atoms in total. The molecule has 4 heteroatoms. The maximum Gasteiger partial charge on any atom is 0.0741 e. The first-order chi connectivity index (χ1) is 8.12. The number of nitrogens with one attached hydrogen (secondary N) is 1. The Morgan fingerprint density at radius 2 is 2.29 bits per heavy atom. The van der Waals surface area contributed by atoms with Crippen LogP contribution in [0.1, 0.15) is 25.8 Å². The highest BCUT2D eigenvalue weighted by Crippen LogP contribution is 2.11. The van der Waals surface area contributed by atoms with Gasteiger partial charge in [-0.2, -0.15) is 5.10 Å². The highest BCUT2D eigenvalue weighted by atomic mass is 16.3. The van der Waals surface area contributed by atoms with E-state index in [4.69, 9.17) is 0 Å². The SMILES string of the molecule is CCC(C)(O)CNCc1cnn2ccccc12. The van der Waals surface area contributed by atoms with Gasteiger partial charge < -0.3 is 10.4 Å². The van der Waals surface area contributed by atoms with E-state index in [0.29, 0.717) is 6.54 Å². The maximum absolute atomic E-state index is 9.88. The second kappa shape index (κ2) is 4.85. The molecule has 0 fully saturated rings. The Bertz CT molecular complexity index is 490. The average Bonchev–Trinajstić information content (AvgIpc) is 2.73. The monoisotopic (exact) mass is 233 g/mol. The summed E-state index contributed by atoms with van der Waals surface area (Å²) < 4.78 is 1.86. The first kappa shape index (κ1) is 12.1. The van der Waals surface area contributed by atoms with Crippen LogP contribution in [0.25, 0.3) is 5.52 Å². The van der Waals surface area contributed by atoms with E-state index in [1.54, 1.807) is 0 Å². The van der Waals surface area contributed by atoms with Gasteiger partial charge in [-0.05, 0) is 25.5 Å². The molecule has 2 heterocycles. The standard InChI is InChI=1S/C13H19N3O/c1-3-13(2,17)10-14-8-11-9-15-16-7-5-4-6-12(11)16/h4-7,9,14,17H,3,8,10H2,1-2H3. The summed E-state index contributed by atoms with van der Waals surface area (Å²) in [5.41, 5.74) is 1.62. The fourth-order valence-electron chi connectivity index (χ4n) is 1.72. The molecule has 92 valence electrons. The lowest BCUT2D eigenvalue weighted by molar-refractivity contribution is 0.0556. The molecule has 1 unspecified atom stereocenters. The number of pyridine rings is 1. The van der Waals surface area contributed by atoms with Gasteiger partial charge in [0.2, 0.25) is 0 Å². The Hall–Kier alpha value is -1.39. The van der Waals surface area contributed by atoms with Crippen molar-refractivity contribution < 1.29 is 5.11 Å². The molecule has 17 heavy (non-hydrogen) atoms. The molecule has 2 aromatic heterocycles. The van der Waals surface area contributed by atoms with Gasteiger partial charge >= 0.3 is 0 Å². The lowest BCUT2D eigenvalue weighted by atomic mass is 10.0. The summed E-state index contributed by atoms with van der Waals surface area (Å²) in [4.78, 5) is 0. The molecule has 2 N–H and O–H groups in total. The van der Waals surface area contributed by atoms with Crippen LogP contribution in [-0.4, -0.2) is 26.9 Å². The van der Waals surface area contributed by atoms with E-state index in [0.717, 1.165) is 24.0 Å². The molecule has 0 bridgehead atoms. The van der Waals surface area contributed by atoms with Gasteiger partial charge in [0.1, 0.15) is 0 Å². The second-order valence-electron chi connectivity index (χ2n) is 4.65. The summed E-state index contributed by atoms with van der Waals surface area (Å²) in [6, 6.07) is 6.00. The third-order valence-electron chi connectivity index (χ3n) is 3.09. The van der Waals surface area contributed by atoms with Crippen LogP contribution >= 0.6 is 0 Å². The summed E-state index contributed by atoms with van der Waals surface area (Å²) in [6.45, 7) is 5.14. The molecule has 0 aliphatic heterocycles.